The van der Waals surface area contributed by atoms with Crippen molar-refractivity contribution in [1.82, 2.24) is 4.31 Å². The predicted molar refractivity (Wildman–Crippen MR) is 81.7 cm³/mol. The van der Waals surface area contributed by atoms with Crippen molar-refractivity contribution >= 4 is 22.0 Å². The van der Waals surface area contributed by atoms with Crippen molar-refractivity contribution in [3.8, 4) is 0 Å². The molecule has 126 valence electrons. The number of hydrogen-bond donors (Lipinski definition) is 1. The van der Waals surface area contributed by atoms with Gasteiger partial charge in [0.15, 0.2) is 0 Å². The molecule has 0 aromatic heterocycles. The first-order valence-electron chi connectivity index (χ1n) is 7.31. The second-order valence-electron chi connectivity index (χ2n) is 5.31. The molecular formula is C15H19NO6S. The fraction of sp³-hybridized carbons (Fsp3) is 0.467. The maximum absolute atomic E-state index is 12.8. The fourth-order valence-corrected chi connectivity index (χ4v) is 4.52. The Kier molecular flexibility index (Phi) is 5.06. The van der Waals surface area contributed by atoms with Gasteiger partial charge >= 0.3 is 11.9 Å². The first kappa shape index (κ1) is 17.4. The molecule has 0 spiro atoms. The Morgan fingerprint density at radius 1 is 1.39 bits per heavy atom. The molecule has 1 aromatic carbocycles. The molecule has 0 radical (unpaired) electrons. The SMILES string of the molecule is CCOC(=O)c1ccc(C)c(S(=O)(=O)N2CCC[C@H]2C(=O)O)c1. The third-order valence-electron chi connectivity index (χ3n) is 3.77. The van der Waals surface area contributed by atoms with Gasteiger partial charge in [0.25, 0.3) is 0 Å². The zero-order valence-corrected chi connectivity index (χ0v) is 13.8. The van der Waals surface area contributed by atoms with Crippen LogP contribution >= 0.6 is 0 Å². The molecule has 1 N–H and O–H groups in total. The molecule has 23 heavy (non-hydrogen) atoms. The van der Waals surface area contributed by atoms with Crippen LogP contribution in [0.4, 0.5) is 0 Å². The molecular weight excluding hydrogens is 322 g/mol. The average Bonchev–Trinajstić information content (AvgIpc) is 2.98. The molecule has 8 heteroatoms. The maximum Gasteiger partial charge on any atom is 0.338 e. The van der Waals surface area contributed by atoms with E-state index in [1.807, 2.05) is 0 Å². The van der Waals surface area contributed by atoms with E-state index in [-0.39, 0.29) is 30.0 Å². The van der Waals surface area contributed by atoms with E-state index in [0.29, 0.717) is 12.0 Å². The zero-order chi connectivity index (χ0) is 17.2. The number of benzene rings is 1. The van der Waals surface area contributed by atoms with Gasteiger partial charge in [0, 0.05) is 6.54 Å². The summed E-state index contributed by atoms with van der Waals surface area (Å²) in [4.78, 5) is 23.0. The van der Waals surface area contributed by atoms with Crippen LogP contribution in [0, 0.1) is 6.92 Å². The van der Waals surface area contributed by atoms with Crippen LogP contribution in [0.2, 0.25) is 0 Å². The molecule has 1 aliphatic heterocycles. The van der Waals surface area contributed by atoms with Gasteiger partial charge in [-0.3, -0.25) is 4.79 Å². The molecule has 0 bridgehead atoms. The lowest BCUT2D eigenvalue weighted by atomic mass is 10.1. The van der Waals surface area contributed by atoms with E-state index >= 15 is 0 Å². The van der Waals surface area contributed by atoms with Gasteiger partial charge in [-0.25, -0.2) is 13.2 Å². The van der Waals surface area contributed by atoms with Crippen LogP contribution < -0.4 is 0 Å². The van der Waals surface area contributed by atoms with Crippen molar-refractivity contribution in [3.63, 3.8) is 0 Å². The van der Waals surface area contributed by atoms with Crippen LogP contribution in [0.25, 0.3) is 0 Å². The van der Waals surface area contributed by atoms with Crippen molar-refractivity contribution in [2.24, 2.45) is 0 Å². The lowest BCUT2D eigenvalue weighted by Crippen LogP contribution is -2.40. The van der Waals surface area contributed by atoms with Crippen LogP contribution in [0.5, 0.6) is 0 Å². The van der Waals surface area contributed by atoms with E-state index in [2.05, 4.69) is 0 Å². The van der Waals surface area contributed by atoms with Crippen molar-refractivity contribution in [1.29, 1.82) is 0 Å². The second-order valence-corrected chi connectivity index (χ2v) is 7.17. The number of carbonyl (C=O) groups excluding carboxylic acids is 1. The molecule has 1 atom stereocenters. The third-order valence-corrected chi connectivity index (χ3v) is 5.82. The summed E-state index contributed by atoms with van der Waals surface area (Å²) in [5.74, 6) is -1.77. The van der Waals surface area contributed by atoms with E-state index in [1.54, 1.807) is 13.8 Å². The number of aryl methyl sites for hydroxylation is 1. The Morgan fingerprint density at radius 3 is 2.70 bits per heavy atom. The molecule has 7 nitrogen and oxygen atoms in total. The van der Waals surface area contributed by atoms with E-state index < -0.39 is 28.0 Å². The van der Waals surface area contributed by atoms with Crippen LogP contribution in [0.1, 0.15) is 35.7 Å². The topological polar surface area (TPSA) is 101 Å². The minimum atomic E-state index is -3.99. The van der Waals surface area contributed by atoms with E-state index in [9.17, 15) is 23.1 Å². The van der Waals surface area contributed by atoms with Crippen molar-refractivity contribution in [3.05, 3.63) is 29.3 Å². The van der Waals surface area contributed by atoms with Gasteiger partial charge in [-0.1, -0.05) is 6.07 Å². The lowest BCUT2D eigenvalue weighted by Gasteiger charge is -2.22. The number of esters is 1. The largest absolute Gasteiger partial charge is 0.480 e. The Labute approximate surface area is 134 Å². The summed E-state index contributed by atoms with van der Waals surface area (Å²) in [7, 11) is -3.99. The molecule has 1 aliphatic rings. The number of aliphatic carboxylic acids is 1. The summed E-state index contributed by atoms with van der Waals surface area (Å²) in [6, 6.07) is 3.20. The maximum atomic E-state index is 12.8. The fourth-order valence-electron chi connectivity index (χ4n) is 2.62. The Morgan fingerprint density at radius 2 is 2.09 bits per heavy atom. The quantitative estimate of drug-likeness (QED) is 0.813. The van der Waals surface area contributed by atoms with Crippen LogP contribution in [0.15, 0.2) is 23.1 Å². The molecule has 2 rings (SSSR count). The highest BCUT2D eigenvalue weighted by atomic mass is 32.2. The molecule has 1 heterocycles. The number of carboxylic acids is 1. The van der Waals surface area contributed by atoms with Gasteiger partial charge in [0.05, 0.1) is 17.1 Å². The molecule has 0 amide bonds. The minimum Gasteiger partial charge on any atom is -0.480 e. The van der Waals surface area contributed by atoms with Crippen LogP contribution in [0.3, 0.4) is 0 Å². The van der Waals surface area contributed by atoms with E-state index in [1.165, 1.54) is 18.2 Å². The van der Waals surface area contributed by atoms with Gasteiger partial charge < -0.3 is 9.84 Å². The summed E-state index contributed by atoms with van der Waals surface area (Å²) >= 11 is 0. The monoisotopic (exact) mass is 341 g/mol. The molecule has 1 fully saturated rings. The molecule has 0 saturated carbocycles. The van der Waals surface area contributed by atoms with Gasteiger partial charge in [-0.05, 0) is 44.4 Å². The Hall–Kier alpha value is -1.93. The van der Waals surface area contributed by atoms with Crippen LogP contribution in [-0.4, -0.2) is 49.0 Å². The molecule has 0 unspecified atom stereocenters. The van der Waals surface area contributed by atoms with E-state index in [4.69, 9.17) is 4.74 Å². The lowest BCUT2D eigenvalue weighted by molar-refractivity contribution is -0.140. The van der Waals surface area contributed by atoms with Crippen molar-refractivity contribution in [2.75, 3.05) is 13.2 Å². The second kappa shape index (κ2) is 6.67. The van der Waals surface area contributed by atoms with Gasteiger partial charge in [0.2, 0.25) is 10.0 Å². The molecule has 0 aliphatic carbocycles. The highest BCUT2D eigenvalue weighted by Gasteiger charge is 2.40. The number of carbonyl (C=O) groups is 2. The number of rotatable bonds is 5. The van der Waals surface area contributed by atoms with Crippen LogP contribution in [-0.2, 0) is 19.6 Å². The first-order chi connectivity index (χ1) is 10.8. The normalized spacial score (nSPS) is 18.8. The van der Waals surface area contributed by atoms with Gasteiger partial charge in [-0.15, -0.1) is 0 Å². The summed E-state index contributed by atoms with van der Waals surface area (Å²) in [6.07, 6.45) is 0.776. The summed E-state index contributed by atoms with van der Waals surface area (Å²) < 4.78 is 31.5. The smallest absolute Gasteiger partial charge is 0.338 e. The third kappa shape index (κ3) is 3.37. The summed E-state index contributed by atoms with van der Waals surface area (Å²) in [6.45, 7) is 3.60. The summed E-state index contributed by atoms with van der Waals surface area (Å²) in [5.41, 5.74) is 0.580. The number of hydrogen-bond acceptors (Lipinski definition) is 5. The number of ether oxygens (including phenoxy) is 1. The number of sulfonamides is 1. The van der Waals surface area contributed by atoms with Crippen molar-refractivity contribution < 1.29 is 27.9 Å². The Bertz CT molecular complexity index is 727. The Balaban J connectivity index is 2.45. The van der Waals surface area contributed by atoms with E-state index in [0.717, 1.165) is 4.31 Å². The standard InChI is InChI=1S/C15H19NO6S/c1-3-22-15(19)11-7-6-10(2)13(9-11)23(20,21)16-8-4-5-12(16)14(17)18/h6-7,9,12H,3-5,8H2,1-2H3,(H,17,18)/t12-/m0/s1. The summed E-state index contributed by atoms with van der Waals surface area (Å²) in [5, 5.41) is 9.20. The first-order valence-corrected chi connectivity index (χ1v) is 8.75. The number of carboxylic acid groups (broad SMARTS) is 1. The van der Waals surface area contributed by atoms with Crippen molar-refractivity contribution in [2.45, 2.75) is 37.6 Å². The molecule has 1 saturated heterocycles. The van der Waals surface area contributed by atoms with Gasteiger partial charge in [-0.2, -0.15) is 4.31 Å². The highest BCUT2D eigenvalue weighted by molar-refractivity contribution is 7.89. The molecule has 1 aromatic rings. The zero-order valence-electron chi connectivity index (χ0n) is 13.0. The number of nitrogens with zero attached hydrogens (tertiary/aromatic N) is 1. The van der Waals surface area contributed by atoms with Gasteiger partial charge in [0.1, 0.15) is 6.04 Å². The predicted octanol–water partition coefficient (Wildman–Crippen LogP) is 1.41. The highest BCUT2D eigenvalue weighted by Crippen LogP contribution is 2.28. The average molecular weight is 341 g/mol. The minimum absolute atomic E-state index is 0.0591.